The molecule has 76 valence electrons. The van der Waals surface area contributed by atoms with Crippen molar-refractivity contribution in [2.45, 2.75) is 26.4 Å². The molecule has 0 unspecified atom stereocenters. The molecule has 0 aromatic heterocycles. The van der Waals surface area contributed by atoms with Gasteiger partial charge in [-0.3, -0.25) is 4.79 Å². The predicted octanol–water partition coefficient (Wildman–Crippen LogP) is 2.28. The lowest BCUT2D eigenvalue weighted by molar-refractivity contribution is 0.0868. The van der Waals surface area contributed by atoms with Gasteiger partial charge < -0.3 is 5.11 Å². The van der Waals surface area contributed by atoms with Gasteiger partial charge in [-0.15, -0.1) is 0 Å². The number of carbonyl (C=O) groups is 1. The highest BCUT2D eigenvalue weighted by Crippen LogP contribution is 2.13. The molecule has 0 spiro atoms. The zero-order chi connectivity index (χ0) is 10.6. The summed E-state index contributed by atoms with van der Waals surface area (Å²) in [6.45, 7) is 3.55. The number of aliphatic hydroxyl groups is 1. The number of benzene rings is 1. The minimum Gasteiger partial charge on any atom is -0.393 e. The molecule has 0 bridgehead atoms. The van der Waals surface area contributed by atoms with Crippen LogP contribution in [0.5, 0.6) is 0 Å². The molecule has 0 heterocycles. The van der Waals surface area contributed by atoms with Gasteiger partial charge in [-0.25, -0.2) is 0 Å². The van der Waals surface area contributed by atoms with Gasteiger partial charge in [-0.1, -0.05) is 37.3 Å². The van der Waals surface area contributed by atoms with Gasteiger partial charge in [0.25, 0.3) is 0 Å². The molecule has 0 amide bonds. The van der Waals surface area contributed by atoms with Gasteiger partial charge in [0.15, 0.2) is 5.78 Å². The van der Waals surface area contributed by atoms with Crippen molar-refractivity contribution in [1.29, 1.82) is 0 Å². The second kappa shape index (κ2) is 4.91. The van der Waals surface area contributed by atoms with Crippen LogP contribution in [-0.4, -0.2) is 17.0 Å². The average Bonchev–Trinajstić information content (AvgIpc) is 2.17. The number of hydrogen-bond donors (Lipinski definition) is 1. The van der Waals surface area contributed by atoms with E-state index in [0.29, 0.717) is 6.42 Å². The van der Waals surface area contributed by atoms with Crippen molar-refractivity contribution in [3.8, 4) is 0 Å². The van der Waals surface area contributed by atoms with Gasteiger partial charge in [-0.2, -0.15) is 0 Å². The molecule has 1 aromatic rings. The predicted molar refractivity (Wildman–Crippen MR) is 56.2 cm³/mol. The SMILES string of the molecule is C[C@H](O)C[C@@H](C)C(=O)c1ccccc1. The van der Waals surface area contributed by atoms with Crippen LogP contribution >= 0.6 is 0 Å². The maximum absolute atomic E-state index is 11.8. The summed E-state index contributed by atoms with van der Waals surface area (Å²) in [7, 11) is 0. The number of hydrogen-bond acceptors (Lipinski definition) is 2. The quantitative estimate of drug-likeness (QED) is 0.743. The maximum Gasteiger partial charge on any atom is 0.165 e. The summed E-state index contributed by atoms with van der Waals surface area (Å²) in [6.07, 6.45) is 0.103. The molecule has 2 heteroatoms. The molecule has 0 aliphatic carbocycles. The lowest BCUT2D eigenvalue weighted by Gasteiger charge is -2.11. The highest BCUT2D eigenvalue weighted by molar-refractivity contribution is 5.97. The fourth-order valence-corrected chi connectivity index (χ4v) is 1.51. The monoisotopic (exact) mass is 192 g/mol. The number of ketones is 1. The smallest absolute Gasteiger partial charge is 0.165 e. The largest absolute Gasteiger partial charge is 0.393 e. The Morgan fingerprint density at radius 1 is 1.29 bits per heavy atom. The fourth-order valence-electron chi connectivity index (χ4n) is 1.51. The highest BCUT2D eigenvalue weighted by Gasteiger charge is 2.16. The van der Waals surface area contributed by atoms with E-state index in [1.165, 1.54) is 0 Å². The summed E-state index contributed by atoms with van der Waals surface area (Å²) in [6, 6.07) is 9.20. The zero-order valence-corrected chi connectivity index (χ0v) is 8.60. The topological polar surface area (TPSA) is 37.3 Å². The molecule has 2 atom stereocenters. The number of rotatable bonds is 4. The third-order valence-electron chi connectivity index (χ3n) is 2.20. The summed E-state index contributed by atoms with van der Waals surface area (Å²) in [4.78, 5) is 11.8. The van der Waals surface area contributed by atoms with E-state index in [9.17, 15) is 4.79 Å². The lowest BCUT2D eigenvalue weighted by Crippen LogP contribution is -2.16. The first kappa shape index (κ1) is 10.9. The van der Waals surface area contributed by atoms with Crippen molar-refractivity contribution in [3.05, 3.63) is 35.9 Å². The van der Waals surface area contributed by atoms with Crippen molar-refractivity contribution >= 4 is 5.78 Å². The normalized spacial score (nSPS) is 14.8. The van der Waals surface area contributed by atoms with E-state index in [1.807, 2.05) is 25.1 Å². The molecular weight excluding hydrogens is 176 g/mol. The third-order valence-corrected chi connectivity index (χ3v) is 2.20. The van der Waals surface area contributed by atoms with E-state index in [2.05, 4.69) is 0 Å². The first-order chi connectivity index (χ1) is 6.61. The lowest BCUT2D eigenvalue weighted by atomic mass is 9.94. The van der Waals surface area contributed by atoms with Gasteiger partial charge in [-0.05, 0) is 13.3 Å². The molecule has 1 N–H and O–H groups in total. The molecule has 0 radical (unpaired) electrons. The van der Waals surface area contributed by atoms with Crippen LogP contribution in [-0.2, 0) is 0 Å². The van der Waals surface area contributed by atoms with Crippen LogP contribution in [0.2, 0.25) is 0 Å². The average molecular weight is 192 g/mol. The van der Waals surface area contributed by atoms with Gasteiger partial charge >= 0.3 is 0 Å². The Labute approximate surface area is 84.6 Å². The van der Waals surface area contributed by atoms with Gasteiger partial charge in [0, 0.05) is 11.5 Å². The van der Waals surface area contributed by atoms with E-state index < -0.39 is 6.10 Å². The van der Waals surface area contributed by atoms with Crippen molar-refractivity contribution in [2.75, 3.05) is 0 Å². The Bertz CT molecular complexity index is 290. The zero-order valence-electron chi connectivity index (χ0n) is 8.60. The summed E-state index contributed by atoms with van der Waals surface area (Å²) in [5, 5.41) is 9.17. The molecule has 0 aliphatic heterocycles. The molecule has 0 saturated carbocycles. The Kier molecular flexibility index (Phi) is 3.84. The van der Waals surface area contributed by atoms with Gasteiger partial charge in [0.05, 0.1) is 6.10 Å². The minimum absolute atomic E-state index is 0.103. The van der Waals surface area contributed by atoms with E-state index in [1.54, 1.807) is 19.1 Å². The van der Waals surface area contributed by atoms with Crippen molar-refractivity contribution in [3.63, 3.8) is 0 Å². The first-order valence-electron chi connectivity index (χ1n) is 4.88. The molecule has 0 aliphatic rings. The van der Waals surface area contributed by atoms with Crippen LogP contribution in [0, 0.1) is 5.92 Å². The first-order valence-corrected chi connectivity index (χ1v) is 4.88. The second-order valence-corrected chi connectivity index (χ2v) is 3.72. The van der Waals surface area contributed by atoms with Crippen LogP contribution in [0.15, 0.2) is 30.3 Å². The van der Waals surface area contributed by atoms with E-state index in [4.69, 9.17) is 5.11 Å². The van der Waals surface area contributed by atoms with Crippen LogP contribution in [0.4, 0.5) is 0 Å². The van der Waals surface area contributed by atoms with Crippen molar-refractivity contribution < 1.29 is 9.90 Å². The second-order valence-electron chi connectivity index (χ2n) is 3.72. The number of aliphatic hydroxyl groups excluding tert-OH is 1. The van der Waals surface area contributed by atoms with Crippen molar-refractivity contribution in [2.24, 2.45) is 5.92 Å². The van der Waals surface area contributed by atoms with Crippen LogP contribution in [0.25, 0.3) is 0 Å². The van der Waals surface area contributed by atoms with Crippen molar-refractivity contribution in [1.82, 2.24) is 0 Å². The Hall–Kier alpha value is -1.15. The maximum atomic E-state index is 11.8. The Balaban J connectivity index is 2.66. The minimum atomic E-state index is -0.419. The summed E-state index contributed by atoms with van der Waals surface area (Å²) in [5.74, 6) is -0.0103. The molecule has 14 heavy (non-hydrogen) atoms. The molecular formula is C12H16O2. The standard InChI is InChI=1S/C12H16O2/c1-9(8-10(2)13)12(14)11-6-4-3-5-7-11/h3-7,9-10,13H,8H2,1-2H3/t9-,10+/m1/s1. The molecule has 0 fully saturated rings. The van der Waals surface area contributed by atoms with Gasteiger partial charge in [0.1, 0.15) is 0 Å². The number of Topliss-reactive ketones (excluding diaryl/α,β-unsaturated/α-hetero) is 1. The Morgan fingerprint density at radius 3 is 2.36 bits per heavy atom. The Morgan fingerprint density at radius 2 is 1.86 bits per heavy atom. The van der Waals surface area contributed by atoms with E-state index >= 15 is 0 Å². The van der Waals surface area contributed by atoms with Gasteiger partial charge in [0.2, 0.25) is 0 Å². The van der Waals surface area contributed by atoms with Crippen LogP contribution in [0.3, 0.4) is 0 Å². The molecule has 0 saturated heterocycles. The fraction of sp³-hybridized carbons (Fsp3) is 0.417. The molecule has 1 aromatic carbocycles. The summed E-state index contributed by atoms with van der Waals surface area (Å²) < 4.78 is 0. The van der Waals surface area contributed by atoms with E-state index in [-0.39, 0.29) is 11.7 Å². The summed E-state index contributed by atoms with van der Waals surface area (Å²) >= 11 is 0. The molecule has 1 rings (SSSR count). The summed E-state index contributed by atoms with van der Waals surface area (Å²) in [5.41, 5.74) is 0.723. The number of carbonyl (C=O) groups excluding carboxylic acids is 1. The van der Waals surface area contributed by atoms with Crippen LogP contribution < -0.4 is 0 Å². The van der Waals surface area contributed by atoms with E-state index in [0.717, 1.165) is 5.56 Å². The third kappa shape index (κ3) is 2.96. The molecule has 2 nitrogen and oxygen atoms in total. The highest BCUT2D eigenvalue weighted by atomic mass is 16.3. The van der Waals surface area contributed by atoms with Crippen LogP contribution in [0.1, 0.15) is 30.6 Å².